The number of thiophene rings is 1. The normalized spacial score (nSPS) is 10.6. The Morgan fingerprint density at radius 1 is 1.28 bits per heavy atom. The molecule has 1 N–H and O–H groups in total. The van der Waals surface area contributed by atoms with Crippen molar-refractivity contribution in [1.82, 2.24) is 14.8 Å². The monoisotopic (exact) mass is 472 g/mol. The molecule has 0 unspecified atom stereocenters. The molecule has 32 heavy (non-hydrogen) atoms. The average Bonchev–Trinajstić information content (AvgIpc) is 3.32. The van der Waals surface area contributed by atoms with Gasteiger partial charge in [-0.15, -0.1) is 28.1 Å². The first-order valence-corrected chi connectivity index (χ1v) is 11.5. The number of nitrogens with one attached hydrogen (secondary N) is 1. The maximum absolute atomic E-state index is 12.6. The van der Waals surface area contributed by atoms with Gasteiger partial charge in [-0.1, -0.05) is 30.0 Å². The average molecular weight is 473 g/mol. The van der Waals surface area contributed by atoms with Gasteiger partial charge in [-0.3, -0.25) is 9.36 Å². The van der Waals surface area contributed by atoms with Gasteiger partial charge in [-0.2, -0.15) is 0 Å². The highest BCUT2D eigenvalue weighted by atomic mass is 32.2. The molecular weight excluding hydrogens is 448 g/mol. The Morgan fingerprint density at radius 2 is 2.06 bits per heavy atom. The molecule has 2 heterocycles. The highest BCUT2D eigenvalue weighted by molar-refractivity contribution is 7.99. The molecule has 0 bridgehead atoms. The van der Waals surface area contributed by atoms with Gasteiger partial charge in [0.2, 0.25) is 5.91 Å². The predicted octanol–water partition coefficient (Wildman–Crippen LogP) is 4.34. The summed E-state index contributed by atoms with van der Waals surface area (Å²) in [7, 11) is 2.93. The van der Waals surface area contributed by atoms with Crippen molar-refractivity contribution in [2.45, 2.75) is 25.5 Å². The van der Waals surface area contributed by atoms with Gasteiger partial charge in [-0.25, -0.2) is 4.79 Å². The van der Waals surface area contributed by atoms with Crippen LogP contribution in [-0.2, 0) is 16.1 Å². The molecule has 0 atom stereocenters. The number of hydrogen-bond donors (Lipinski definition) is 1. The van der Waals surface area contributed by atoms with Crippen molar-refractivity contribution in [3.05, 3.63) is 52.9 Å². The van der Waals surface area contributed by atoms with Gasteiger partial charge in [0, 0.05) is 17.0 Å². The summed E-state index contributed by atoms with van der Waals surface area (Å²) in [5.41, 5.74) is 2.05. The number of carbonyl (C=O) groups excluding carboxylic acids is 2. The fourth-order valence-electron chi connectivity index (χ4n) is 3.02. The molecule has 3 aromatic rings. The van der Waals surface area contributed by atoms with E-state index in [1.807, 2.05) is 42.7 Å². The molecule has 8 nitrogen and oxygen atoms in total. The van der Waals surface area contributed by atoms with Gasteiger partial charge in [-0.05, 0) is 31.5 Å². The molecule has 0 aliphatic carbocycles. The van der Waals surface area contributed by atoms with Gasteiger partial charge in [0.1, 0.15) is 10.8 Å². The number of aryl methyl sites for hydroxylation is 1. The maximum Gasteiger partial charge on any atom is 0.341 e. The number of thioether (sulfide) groups is 1. The molecule has 0 aliphatic rings. The lowest BCUT2D eigenvalue weighted by Crippen LogP contribution is -2.16. The standard InChI is InChI=1S/C22H24N4O4S2/c1-6-10-26-19(15-8-7-9-16(11-15)29-4)24-25-22(26)31-12-17(27)23-20-18(21(28)30-5)13(2)14(3)32-20/h6-9,11H,1,10,12H2,2-5H3,(H,23,27). The summed E-state index contributed by atoms with van der Waals surface area (Å²) in [6, 6.07) is 7.53. The lowest BCUT2D eigenvalue weighted by Gasteiger charge is -2.09. The Bertz CT molecular complexity index is 1150. The van der Waals surface area contributed by atoms with Gasteiger partial charge in [0.05, 0.1) is 25.5 Å². The molecule has 0 saturated heterocycles. The zero-order valence-corrected chi connectivity index (χ0v) is 19.9. The second-order valence-corrected chi connectivity index (χ2v) is 8.92. The molecule has 0 aliphatic heterocycles. The van der Waals surface area contributed by atoms with Crippen LogP contribution in [0.5, 0.6) is 5.75 Å². The van der Waals surface area contributed by atoms with E-state index in [9.17, 15) is 9.59 Å². The first kappa shape index (κ1) is 23.6. The number of nitrogens with zero attached hydrogens (tertiary/aromatic N) is 3. The van der Waals surface area contributed by atoms with Gasteiger partial charge in [0.25, 0.3) is 0 Å². The minimum absolute atomic E-state index is 0.101. The lowest BCUT2D eigenvalue weighted by molar-refractivity contribution is -0.113. The summed E-state index contributed by atoms with van der Waals surface area (Å²) in [5, 5.41) is 12.5. The van der Waals surface area contributed by atoms with Crippen LogP contribution in [0.2, 0.25) is 0 Å². The minimum Gasteiger partial charge on any atom is -0.497 e. The van der Waals surface area contributed by atoms with Crippen molar-refractivity contribution in [1.29, 1.82) is 0 Å². The van der Waals surface area contributed by atoms with E-state index in [0.717, 1.165) is 16.0 Å². The molecular formula is C22H24N4O4S2. The van der Waals surface area contributed by atoms with E-state index in [0.29, 0.717) is 33.8 Å². The van der Waals surface area contributed by atoms with Crippen molar-refractivity contribution in [2.24, 2.45) is 0 Å². The van der Waals surface area contributed by atoms with E-state index in [1.165, 1.54) is 30.2 Å². The van der Waals surface area contributed by atoms with E-state index in [-0.39, 0.29) is 11.7 Å². The first-order valence-electron chi connectivity index (χ1n) is 9.69. The van der Waals surface area contributed by atoms with Crippen molar-refractivity contribution in [3.8, 4) is 17.1 Å². The summed E-state index contributed by atoms with van der Waals surface area (Å²) < 4.78 is 12.0. The number of carbonyl (C=O) groups is 2. The number of esters is 1. The molecule has 0 saturated carbocycles. The van der Waals surface area contributed by atoms with Crippen molar-refractivity contribution < 1.29 is 19.1 Å². The Balaban J connectivity index is 1.77. The number of ether oxygens (including phenoxy) is 2. The SMILES string of the molecule is C=CCn1c(SCC(=O)Nc2sc(C)c(C)c2C(=O)OC)nnc1-c1cccc(OC)c1. The number of allylic oxidation sites excluding steroid dienone is 1. The zero-order valence-electron chi connectivity index (χ0n) is 18.3. The van der Waals surface area contributed by atoms with Crippen LogP contribution in [-0.4, -0.2) is 46.6 Å². The molecule has 0 radical (unpaired) electrons. The van der Waals surface area contributed by atoms with Crippen LogP contribution in [0.4, 0.5) is 5.00 Å². The summed E-state index contributed by atoms with van der Waals surface area (Å²) >= 11 is 2.61. The maximum atomic E-state index is 12.6. The zero-order chi connectivity index (χ0) is 23.3. The largest absolute Gasteiger partial charge is 0.497 e. The van der Waals surface area contributed by atoms with Crippen molar-refractivity contribution >= 4 is 40.0 Å². The summed E-state index contributed by atoms with van der Waals surface area (Å²) in [5.74, 6) is 0.751. The molecule has 3 rings (SSSR count). The molecule has 2 aromatic heterocycles. The second kappa shape index (κ2) is 10.5. The minimum atomic E-state index is -0.469. The number of aromatic nitrogens is 3. The number of anilines is 1. The number of methoxy groups -OCH3 is 2. The highest BCUT2D eigenvalue weighted by Crippen LogP contribution is 2.33. The first-order chi connectivity index (χ1) is 15.4. The number of benzene rings is 1. The molecule has 1 amide bonds. The van der Waals surface area contributed by atoms with E-state index in [2.05, 4.69) is 22.1 Å². The third-order valence-electron chi connectivity index (χ3n) is 4.72. The molecule has 168 valence electrons. The van der Waals surface area contributed by atoms with Gasteiger partial charge < -0.3 is 14.8 Å². The van der Waals surface area contributed by atoms with Crippen LogP contribution in [0.1, 0.15) is 20.8 Å². The van der Waals surface area contributed by atoms with E-state index >= 15 is 0 Å². The molecule has 1 aromatic carbocycles. The fraction of sp³-hybridized carbons (Fsp3) is 0.273. The molecule has 0 fully saturated rings. The Morgan fingerprint density at radius 3 is 2.75 bits per heavy atom. The highest BCUT2D eigenvalue weighted by Gasteiger charge is 2.22. The van der Waals surface area contributed by atoms with Crippen LogP contribution < -0.4 is 10.1 Å². The second-order valence-electron chi connectivity index (χ2n) is 6.75. The quantitative estimate of drug-likeness (QED) is 0.281. The third kappa shape index (κ3) is 5.03. The predicted molar refractivity (Wildman–Crippen MR) is 127 cm³/mol. The topological polar surface area (TPSA) is 95.3 Å². The smallest absolute Gasteiger partial charge is 0.341 e. The van der Waals surface area contributed by atoms with Crippen molar-refractivity contribution in [3.63, 3.8) is 0 Å². The van der Waals surface area contributed by atoms with E-state index in [1.54, 1.807) is 13.2 Å². The third-order valence-corrected chi connectivity index (χ3v) is 6.81. The van der Waals surface area contributed by atoms with Crippen molar-refractivity contribution in [2.75, 3.05) is 25.3 Å². The Labute approximate surface area is 194 Å². The van der Waals surface area contributed by atoms with E-state index in [4.69, 9.17) is 9.47 Å². The molecule has 10 heteroatoms. The van der Waals surface area contributed by atoms with Crippen LogP contribution in [0.15, 0.2) is 42.1 Å². The lowest BCUT2D eigenvalue weighted by atomic mass is 10.1. The van der Waals surface area contributed by atoms with Crippen LogP contribution >= 0.6 is 23.1 Å². The van der Waals surface area contributed by atoms with Crippen LogP contribution in [0.3, 0.4) is 0 Å². The summed E-state index contributed by atoms with van der Waals surface area (Å²) in [4.78, 5) is 25.7. The number of rotatable bonds is 9. The Kier molecular flexibility index (Phi) is 7.70. The van der Waals surface area contributed by atoms with Crippen LogP contribution in [0, 0.1) is 13.8 Å². The Hall–Kier alpha value is -3.11. The molecule has 0 spiro atoms. The van der Waals surface area contributed by atoms with Gasteiger partial charge in [0.15, 0.2) is 11.0 Å². The summed E-state index contributed by atoms with van der Waals surface area (Å²) in [6.45, 7) is 8.03. The van der Waals surface area contributed by atoms with Gasteiger partial charge >= 0.3 is 5.97 Å². The van der Waals surface area contributed by atoms with E-state index < -0.39 is 5.97 Å². The van der Waals surface area contributed by atoms with Crippen LogP contribution in [0.25, 0.3) is 11.4 Å². The number of amides is 1. The number of hydrogen-bond acceptors (Lipinski definition) is 8. The summed E-state index contributed by atoms with van der Waals surface area (Å²) in [6.07, 6.45) is 1.75. The fourth-order valence-corrected chi connectivity index (χ4v) is 4.83.